The summed E-state index contributed by atoms with van der Waals surface area (Å²) in [6.07, 6.45) is 5.53. The Balaban J connectivity index is 2.09. The highest BCUT2D eigenvalue weighted by molar-refractivity contribution is 5.54. The number of aryl methyl sites for hydroxylation is 1. The minimum atomic E-state index is 0.227. The van der Waals surface area contributed by atoms with Crippen molar-refractivity contribution < 1.29 is 4.74 Å². The molecule has 1 aromatic carbocycles. The van der Waals surface area contributed by atoms with E-state index < -0.39 is 0 Å². The molecule has 1 N–H and O–H groups in total. The van der Waals surface area contributed by atoms with Crippen molar-refractivity contribution >= 4 is 5.69 Å². The van der Waals surface area contributed by atoms with Gasteiger partial charge in [0.05, 0.1) is 6.10 Å². The summed E-state index contributed by atoms with van der Waals surface area (Å²) in [6.45, 7) is 11.0. The molecule has 0 spiro atoms. The average Bonchev–Trinajstić information content (AvgIpc) is 2.34. The molecule has 20 heavy (non-hydrogen) atoms. The van der Waals surface area contributed by atoms with E-state index in [9.17, 15) is 0 Å². The molecule has 112 valence electrons. The van der Waals surface area contributed by atoms with Crippen LogP contribution in [-0.2, 0) is 0 Å². The lowest BCUT2D eigenvalue weighted by Gasteiger charge is -2.40. The maximum atomic E-state index is 5.75. The zero-order valence-corrected chi connectivity index (χ0v) is 13.6. The number of nitrogens with one attached hydrogen (secondary N) is 1. The Morgan fingerprint density at radius 3 is 2.60 bits per heavy atom. The van der Waals surface area contributed by atoms with E-state index >= 15 is 0 Å². The number of hydrogen-bond donors (Lipinski definition) is 1. The SMILES string of the molecule is Cc1cc(OC(C)C)ccc1NC1CCCCC1(C)C. The van der Waals surface area contributed by atoms with E-state index in [1.54, 1.807) is 0 Å². The number of benzene rings is 1. The van der Waals surface area contributed by atoms with Gasteiger partial charge in [-0.3, -0.25) is 0 Å². The van der Waals surface area contributed by atoms with Gasteiger partial charge in [0.2, 0.25) is 0 Å². The van der Waals surface area contributed by atoms with Crippen LogP contribution < -0.4 is 10.1 Å². The summed E-state index contributed by atoms with van der Waals surface area (Å²) < 4.78 is 5.75. The van der Waals surface area contributed by atoms with Crippen molar-refractivity contribution in [2.45, 2.75) is 72.4 Å². The van der Waals surface area contributed by atoms with Gasteiger partial charge < -0.3 is 10.1 Å². The van der Waals surface area contributed by atoms with Gasteiger partial charge in [-0.15, -0.1) is 0 Å². The molecule has 1 unspecified atom stereocenters. The monoisotopic (exact) mass is 275 g/mol. The second-order valence-electron chi connectivity index (χ2n) is 7.07. The molecule has 2 rings (SSSR count). The molecule has 0 amide bonds. The van der Waals surface area contributed by atoms with E-state index in [0.29, 0.717) is 11.5 Å². The molecule has 1 aliphatic carbocycles. The maximum absolute atomic E-state index is 5.75. The van der Waals surface area contributed by atoms with Crippen LogP contribution in [0, 0.1) is 12.3 Å². The number of rotatable bonds is 4. The van der Waals surface area contributed by atoms with Crippen LogP contribution in [0.3, 0.4) is 0 Å². The van der Waals surface area contributed by atoms with Gasteiger partial charge in [-0.25, -0.2) is 0 Å². The van der Waals surface area contributed by atoms with Crippen molar-refractivity contribution in [2.24, 2.45) is 5.41 Å². The van der Waals surface area contributed by atoms with E-state index in [-0.39, 0.29) is 6.10 Å². The molecule has 1 saturated carbocycles. The standard InChI is InChI=1S/C18H29NO/c1-13(2)20-15-9-10-16(14(3)12-15)19-17-8-6-7-11-18(17,4)5/h9-10,12-13,17,19H,6-8,11H2,1-5H3. The number of hydrogen-bond acceptors (Lipinski definition) is 2. The molecule has 0 heterocycles. The third-order valence-corrected chi connectivity index (χ3v) is 4.41. The van der Waals surface area contributed by atoms with E-state index in [4.69, 9.17) is 4.74 Å². The zero-order chi connectivity index (χ0) is 14.8. The fourth-order valence-electron chi connectivity index (χ4n) is 3.09. The first-order valence-corrected chi connectivity index (χ1v) is 7.92. The van der Waals surface area contributed by atoms with Gasteiger partial charge in [-0.05, 0) is 62.8 Å². The lowest BCUT2D eigenvalue weighted by atomic mass is 9.73. The van der Waals surface area contributed by atoms with Gasteiger partial charge >= 0.3 is 0 Å². The Bertz CT molecular complexity index is 451. The molecule has 0 aliphatic heterocycles. The smallest absolute Gasteiger partial charge is 0.120 e. The Morgan fingerprint density at radius 1 is 1.25 bits per heavy atom. The minimum Gasteiger partial charge on any atom is -0.491 e. The molecular formula is C18H29NO. The van der Waals surface area contributed by atoms with Crippen molar-refractivity contribution in [1.29, 1.82) is 0 Å². The van der Waals surface area contributed by atoms with Crippen molar-refractivity contribution in [3.8, 4) is 5.75 Å². The molecule has 1 fully saturated rings. The lowest BCUT2D eigenvalue weighted by molar-refractivity contribution is 0.217. The van der Waals surface area contributed by atoms with Gasteiger partial charge in [0.25, 0.3) is 0 Å². The summed E-state index contributed by atoms with van der Waals surface area (Å²) in [5.74, 6) is 0.964. The molecule has 0 radical (unpaired) electrons. The van der Waals surface area contributed by atoms with Crippen LogP contribution in [0.1, 0.15) is 58.9 Å². The van der Waals surface area contributed by atoms with Crippen molar-refractivity contribution in [3.63, 3.8) is 0 Å². The third kappa shape index (κ3) is 3.68. The normalized spacial score (nSPS) is 21.8. The fraction of sp³-hybridized carbons (Fsp3) is 0.667. The highest BCUT2D eigenvalue weighted by atomic mass is 16.5. The van der Waals surface area contributed by atoms with Crippen LogP contribution in [0.4, 0.5) is 5.69 Å². The van der Waals surface area contributed by atoms with Crippen LogP contribution in [0.5, 0.6) is 5.75 Å². The fourth-order valence-corrected chi connectivity index (χ4v) is 3.09. The Morgan fingerprint density at radius 2 is 2.00 bits per heavy atom. The summed E-state index contributed by atoms with van der Waals surface area (Å²) >= 11 is 0. The van der Waals surface area contributed by atoms with Crippen LogP contribution in [-0.4, -0.2) is 12.1 Å². The molecule has 1 atom stereocenters. The third-order valence-electron chi connectivity index (χ3n) is 4.41. The Labute approximate surface area is 123 Å². The topological polar surface area (TPSA) is 21.3 Å². The quantitative estimate of drug-likeness (QED) is 0.819. The number of anilines is 1. The van der Waals surface area contributed by atoms with Crippen molar-refractivity contribution in [2.75, 3.05) is 5.32 Å². The Hall–Kier alpha value is -1.18. The molecular weight excluding hydrogens is 246 g/mol. The highest BCUT2D eigenvalue weighted by Gasteiger charge is 2.32. The van der Waals surface area contributed by atoms with Crippen LogP contribution in [0.2, 0.25) is 0 Å². The molecule has 2 nitrogen and oxygen atoms in total. The maximum Gasteiger partial charge on any atom is 0.120 e. The molecule has 0 aromatic heterocycles. The van der Waals surface area contributed by atoms with Gasteiger partial charge in [-0.1, -0.05) is 26.7 Å². The van der Waals surface area contributed by atoms with Crippen LogP contribution in [0.25, 0.3) is 0 Å². The summed E-state index contributed by atoms with van der Waals surface area (Å²) in [5, 5.41) is 3.76. The molecule has 1 aliphatic rings. The molecule has 1 aromatic rings. The minimum absolute atomic E-state index is 0.227. The largest absolute Gasteiger partial charge is 0.491 e. The van der Waals surface area contributed by atoms with Crippen LogP contribution >= 0.6 is 0 Å². The van der Waals surface area contributed by atoms with Gasteiger partial charge in [-0.2, -0.15) is 0 Å². The van der Waals surface area contributed by atoms with Gasteiger partial charge in [0, 0.05) is 11.7 Å². The van der Waals surface area contributed by atoms with Crippen LogP contribution in [0.15, 0.2) is 18.2 Å². The summed E-state index contributed by atoms with van der Waals surface area (Å²) in [6, 6.07) is 6.95. The van der Waals surface area contributed by atoms with E-state index in [1.165, 1.54) is 36.9 Å². The van der Waals surface area contributed by atoms with Gasteiger partial charge in [0.15, 0.2) is 0 Å². The average molecular weight is 275 g/mol. The number of ether oxygens (including phenoxy) is 1. The van der Waals surface area contributed by atoms with E-state index in [0.717, 1.165) is 5.75 Å². The molecule has 0 bridgehead atoms. The molecule has 2 heteroatoms. The molecule has 0 saturated heterocycles. The lowest BCUT2D eigenvalue weighted by Crippen LogP contribution is -2.39. The second-order valence-corrected chi connectivity index (χ2v) is 7.07. The Kier molecular flexibility index (Phi) is 4.62. The predicted octanol–water partition coefficient (Wildman–Crippen LogP) is 5.16. The van der Waals surface area contributed by atoms with Gasteiger partial charge in [0.1, 0.15) is 5.75 Å². The van der Waals surface area contributed by atoms with E-state index in [1.807, 2.05) is 0 Å². The summed E-state index contributed by atoms with van der Waals surface area (Å²) in [7, 11) is 0. The summed E-state index contributed by atoms with van der Waals surface area (Å²) in [4.78, 5) is 0. The first-order valence-electron chi connectivity index (χ1n) is 7.92. The van der Waals surface area contributed by atoms with Crippen molar-refractivity contribution in [1.82, 2.24) is 0 Å². The highest BCUT2D eigenvalue weighted by Crippen LogP contribution is 2.38. The summed E-state index contributed by atoms with van der Waals surface area (Å²) in [5.41, 5.74) is 2.91. The van der Waals surface area contributed by atoms with Crippen molar-refractivity contribution in [3.05, 3.63) is 23.8 Å². The van der Waals surface area contributed by atoms with E-state index in [2.05, 4.69) is 58.1 Å². The first kappa shape index (κ1) is 15.2. The predicted molar refractivity (Wildman–Crippen MR) is 86.6 cm³/mol. The first-order chi connectivity index (χ1) is 9.38. The zero-order valence-electron chi connectivity index (χ0n) is 13.6. The second kappa shape index (κ2) is 6.07.